The summed E-state index contributed by atoms with van der Waals surface area (Å²) in [5.74, 6) is -1.08. The highest BCUT2D eigenvalue weighted by Crippen LogP contribution is 2.47. The van der Waals surface area contributed by atoms with E-state index in [1.807, 2.05) is 30.3 Å². The number of halogens is 3. The molecule has 0 aromatic heterocycles. The van der Waals surface area contributed by atoms with Gasteiger partial charge in [0.15, 0.2) is 12.0 Å². The van der Waals surface area contributed by atoms with E-state index in [1.165, 1.54) is 18.2 Å². The zero-order chi connectivity index (χ0) is 21.4. The third-order valence-electron chi connectivity index (χ3n) is 5.44. The Morgan fingerprint density at radius 3 is 2.70 bits per heavy atom. The fraction of sp³-hybridized carbons (Fsp3) is 0.333. The number of hydrogen-bond acceptors (Lipinski definition) is 4. The second-order valence-electron chi connectivity index (χ2n) is 7.53. The largest absolute Gasteiger partial charge is 0.482 e. The van der Waals surface area contributed by atoms with Crippen LogP contribution in [0.25, 0.3) is 0 Å². The Hall–Kier alpha value is -3.07. The molecule has 9 heteroatoms. The van der Waals surface area contributed by atoms with Crippen LogP contribution in [0.2, 0.25) is 0 Å². The predicted octanol–water partition coefficient (Wildman–Crippen LogP) is 3.41. The van der Waals surface area contributed by atoms with Crippen LogP contribution in [0.3, 0.4) is 0 Å². The molecule has 6 nitrogen and oxygen atoms in total. The maximum absolute atomic E-state index is 14.0. The minimum atomic E-state index is -4.70. The molecule has 4 rings (SSSR count). The highest BCUT2D eigenvalue weighted by atomic mass is 19.4. The zero-order valence-corrected chi connectivity index (χ0v) is 16.0. The number of amides is 2. The van der Waals surface area contributed by atoms with E-state index in [0.717, 1.165) is 5.56 Å². The van der Waals surface area contributed by atoms with E-state index in [9.17, 15) is 22.8 Å². The first-order valence-electron chi connectivity index (χ1n) is 9.48. The molecule has 2 aromatic carbocycles. The van der Waals surface area contributed by atoms with Crippen molar-refractivity contribution in [3.05, 3.63) is 54.1 Å². The Morgan fingerprint density at radius 2 is 1.97 bits per heavy atom. The van der Waals surface area contributed by atoms with Crippen LogP contribution < -0.4 is 15.4 Å². The van der Waals surface area contributed by atoms with Gasteiger partial charge >= 0.3 is 6.18 Å². The van der Waals surface area contributed by atoms with Crippen molar-refractivity contribution < 1.29 is 27.5 Å². The number of fused-ring (bicyclic) bond motifs is 1. The normalized spacial score (nSPS) is 21.5. The third-order valence-corrected chi connectivity index (χ3v) is 5.44. The van der Waals surface area contributed by atoms with Gasteiger partial charge in [0.05, 0.1) is 5.69 Å². The molecule has 2 aromatic rings. The first-order valence-corrected chi connectivity index (χ1v) is 9.48. The molecule has 0 saturated carbocycles. The van der Waals surface area contributed by atoms with Crippen molar-refractivity contribution in [2.75, 3.05) is 30.3 Å². The third kappa shape index (κ3) is 3.85. The lowest BCUT2D eigenvalue weighted by atomic mass is 9.85. The van der Waals surface area contributed by atoms with E-state index in [0.29, 0.717) is 18.0 Å². The van der Waals surface area contributed by atoms with Crippen molar-refractivity contribution in [3.63, 3.8) is 0 Å². The highest BCUT2D eigenvalue weighted by molar-refractivity contribution is 5.99. The van der Waals surface area contributed by atoms with Crippen LogP contribution in [0, 0.1) is 5.41 Å². The summed E-state index contributed by atoms with van der Waals surface area (Å²) in [5, 5.41) is 4.96. The summed E-state index contributed by atoms with van der Waals surface area (Å²) in [4.78, 5) is 25.9. The van der Waals surface area contributed by atoms with Gasteiger partial charge in [-0.1, -0.05) is 30.3 Å². The molecule has 0 bridgehead atoms. The standard InChI is InChI=1S/C21H20F3N3O3/c22-21(23,24)20(8-9-27(13-20)11-14-4-2-1-3-5-14)19(29)25-15-6-7-17-16(10-15)26-18(28)12-30-17/h1-7,10H,8-9,11-13H2,(H,25,29)(H,26,28). The summed E-state index contributed by atoms with van der Waals surface area (Å²) in [6, 6.07) is 13.5. The minimum absolute atomic E-state index is 0.132. The van der Waals surface area contributed by atoms with E-state index < -0.39 is 24.0 Å². The van der Waals surface area contributed by atoms with Crippen LogP contribution in [0.4, 0.5) is 24.5 Å². The van der Waals surface area contributed by atoms with Crippen molar-refractivity contribution >= 4 is 23.2 Å². The quantitative estimate of drug-likeness (QED) is 0.797. The monoisotopic (exact) mass is 419 g/mol. The molecule has 2 amide bonds. The fourth-order valence-corrected chi connectivity index (χ4v) is 3.82. The molecule has 30 heavy (non-hydrogen) atoms. The summed E-state index contributed by atoms with van der Waals surface area (Å²) >= 11 is 0. The second kappa shape index (κ2) is 7.64. The number of nitrogens with zero attached hydrogens (tertiary/aromatic N) is 1. The highest BCUT2D eigenvalue weighted by Gasteiger charge is 2.63. The average Bonchev–Trinajstić information content (AvgIpc) is 3.14. The van der Waals surface area contributed by atoms with E-state index in [1.54, 1.807) is 4.90 Å². The number of nitrogens with one attached hydrogen (secondary N) is 2. The van der Waals surface area contributed by atoms with Crippen molar-refractivity contribution in [2.24, 2.45) is 5.41 Å². The molecule has 2 N–H and O–H groups in total. The van der Waals surface area contributed by atoms with Gasteiger partial charge in [-0.2, -0.15) is 13.2 Å². The Balaban J connectivity index is 1.52. The molecule has 1 fully saturated rings. The summed E-state index contributed by atoms with van der Waals surface area (Å²) in [6.07, 6.45) is -5.02. The number of carbonyl (C=O) groups is 2. The lowest BCUT2D eigenvalue weighted by molar-refractivity contribution is -0.215. The van der Waals surface area contributed by atoms with Gasteiger partial charge in [0.25, 0.3) is 5.91 Å². The predicted molar refractivity (Wildman–Crippen MR) is 104 cm³/mol. The van der Waals surface area contributed by atoms with E-state index in [4.69, 9.17) is 4.74 Å². The van der Waals surface area contributed by atoms with Crippen LogP contribution in [0.1, 0.15) is 12.0 Å². The number of ether oxygens (including phenoxy) is 1. The Morgan fingerprint density at radius 1 is 1.20 bits per heavy atom. The summed E-state index contributed by atoms with van der Waals surface area (Å²) in [5.41, 5.74) is -1.14. The SMILES string of the molecule is O=C1COc2ccc(NC(=O)C3(C(F)(F)F)CCN(Cc4ccccc4)C3)cc2N1. The van der Waals surface area contributed by atoms with Crippen molar-refractivity contribution in [3.8, 4) is 5.75 Å². The Labute approximate surface area is 171 Å². The molecule has 0 radical (unpaired) electrons. The van der Waals surface area contributed by atoms with Crippen molar-refractivity contribution in [1.82, 2.24) is 4.90 Å². The second-order valence-corrected chi connectivity index (χ2v) is 7.53. The van der Waals surface area contributed by atoms with Gasteiger partial charge in [-0.3, -0.25) is 14.5 Å². The summed E-state index contributed by atoms with van der Waals surface area (Å²) in [6.45, 7) is -0.0424. The number of likely N-dealkylation sites (tertiary alicyclic amines) is 1. The molecule has 1 atom stereocenters. The molecule has 0 aliphatic carbocycles. The maximum atomic E-state index is 14.0. The van der Waals surface area contributed by atoms with Gasteiger partial charge < -0.3 is 15.4 Å². The molecule has 2 heterocycles. The van der Waals surface area contributed by atoms with Gasteiger partial charge in [0.2, 0.25) is 5.91 Å². The minimum Gasteiger partial charge on any atom is -0.482 e. The molecule has 0 spiro atoms. The van der Waals surface area contributed by atoms with Gasteiger partial charge in [0, 0.05) is 18.8 Å². The number of alkyl halides is 3. The van der Waals surface area contributed by atoms with Gasteiger partial charge in [0.1, 0.15) is 5.75 Å². The molecule has 1 unspecified atom stereocenters. The van der Waals surface area contributed by atoms with Gasteiger partial charge in [-0.25, -0.2) is 0 Å². The van der Waals surface area contributed by atoms with E-state index in [-0.39, 0.29) is 31.2 Å². The number of rotatable bonds is 4. The van der Waals surface area contributed by atoms with Crippen molar-refractivity contribution in [1.29, 1.82) is 0 Å². The number of carbonyl (C=O) groups excluding carboxylic acids is 2. The first-order chi connectivity index (χ1) is 14.3. The van der Waals surface area contributed by atoms with Crippen LogP contribution in [-0.2, 0) is 16.1 Å². The molecule has 1 saturated heterocycles. The van der Waals surface area contributed by atoms with Crippen LogP contribution in [-0.4, -0.2) is 42.6 Å². The molecular formula is C21H20F3N3O3. The lowest BCUT2D eigenvalue weighted by Gasteiger charge is -2.30. The molecular weight excluding hydrogens is 399 g/mol. The average molecular weight is 419 g/mol. The smallest absolute Gasteiger partial charge is 0.404 e. The summed E-state index contributed by atoms with van der Waals surface area (Å²) in [7, 11) is 0. The Bertz CT molecular complexity index is 965. The fourth-order valence-electron chi connectivity index (χ4n) is 3.82. The lowest BCUT2D eigenvalue weighted by Crippen LogP contribution is -2.49. The zero-order valence-electron chi connectivity index (χ0n) is 16.0. The number of hydrogen-bond donors (Lipinski definition) is 2. The van der Waals surface area contributed by atoms with Gasteiger partial charge in [-0.05, 0) is 36.7 Å². The molecule has 2 aliphatic heterocycles. The van der Waals surface area contributed by atoms with Crippen LogP contribution >= 0.6 is 0 Å². The summed E-state index contributed by atoms with van der Waals surface area (Å²) < 4.78 is 47.4. The van der Waals surface area contributed by atoms with Gasteiger partial charge in [-0.15, -0.1) is 0 Å². The van der Waals surface area contributed by atoms with Crippen LogP contribution in [0.5, 0.6) is 5.75 Å². The first kappa shape index (κ1) is 20.2. The maximum Gasteiger partial charge on any atom is 0.404 e. The van der Waals surface area contributed by atoms with Crippen LogP contribution in [0.15, 0.2) is 48.5 Å². The number of anilines is 2. The topological polar surface area (TPSA) is 70.7 Å². The van der Waals surface area contributed by atoms with E-state index in [2.05, 4.69) is 10.6 Å². The molecule has 2 aliphatic rings. The van der Waals surface area contributed by atoms with Crippen molar-refractivity contribution in [2.45, 2.75) is 19.1 Å². The Kier molecular flexibility index (Phi) is 5.15. The molecule has 158 valence electrons. The number of benzene rings is 2. The van der Waals surface area contributed by atoms with E-state index >= 15 is 0 Å².